The van der Waals surface area contributed by atoms with Crippen molar-refractivity contribution < 1.29 is 40.6 Å². The number of aliphatic imine (C=N–C) groups is 2. The smallest absolute Gasteiger partial charge is 0.185 e. The van der Waals surface area contributed by atoms with Crippen molar-refractivity contribution in [2.45, 2.75) is 30.8 Å². The van der Waals surface area contributed by atoms with Crippen LogP contribution >= 0.6 is 0 Å². The molecule has 2 aromatic heterocycles. The van der Waals surface area contributed by atoms with E-state index in [9.17, 15) is 24.1 Å². The Labute approximate surface area is 336 Å². The largest absolute Gasteiger partial charge is 0.376 e. The molecule has 0 saturated carbocycles. The van der Waals surface area contributed by atoms with Crippen LogP contribution in [0.25, 0.3) is 0 Å². The number of halogens is 3. The molecule has 6 heterocycles. The number of carbonyl (C=O) groups is 2. The summed E-state index contributed by atoms with van der Waals surface area (Å²) >= 11 is 0. The molecule has 0 amide bonds. The fourth-order valence-electron chi connectivity index (χ4n) is 7.23. The van der Waals surface area contributed by atoms with Crippen LogP contribution in [0, 0.1) is 24.4 Å². The predicted molar refractivity (Wildman–Crippen MR) is 202 cm³/mol. The molecule has 2 N–H and O–H groups in total. The van der Waals surface area contributed by atoms with Crippen LogP contribution in [-0.2, 0) is 14.0 Å². The molecule has 4 atom stereocenters. The van der Waals surface area contributed by atoms with Gasteiger partial charge in [-0.3, -0.25) is 28.9 Å². The van der Waals surface area contributed by atoms with Crippen molar-refractivity contribution in [1.82, 2.24) is 29.5 Å². The fourth-order valence-corrected chi connectivity index (χ4v) is 7.23. The van der Waals surface area contributed by atoms with Crippen molar-refractivity contribution in [3.8, 4) is 0 Å². The Hall–Kier alpha value is -6.77. The zero-order valence-electron chi connectivity index (χ0n) is 41.8. The maximum absolute atomic E-state index is 14.8. The lowest BCUT2D eigenvalue weighted by Crippen LogP contribution is -2.37. The number of aryl methyl sites for hydroxylation is 2. The van der Waals surface area contributed by atoms with E-state index < -0.39 is 85.5 Å². The zero-order chi connectivity index (χ0) is 50.0. The molecular weight excluding hydrogens is 722 g/mol. The zero-order valence-corrected chi connectivity index (χ0v) is 28.8. The summed E-state index contributed by atoms with van der Waals surface area (Å²) in [6.07, 6.45) is 2.05. The molecule has 6 aromatic rings. The first-order valence-corrected chi connectivity index (χ1v) is 16.9. The van der Waals surface area contributed by atoms with E-state index in [4.69, 9.17) is 16.4 Å². The van der Waals surface area contributed by atoms with E-state index in [0.29, 0.717) is 4.68 Å². The predicted octanol–water partition coefficient (Wildman–Crippen LogP) is 6.23. The van der Waals surface area contributed by atoms with Crippen LogP contribution < -0.4 is 10.6 Å². The van der Waals surface area contributed by atoms with Gasteiger partial charge >= 0.3 is 0 Å². The molecule has 15 heteroatoms. The number of anilines is 2. The molecule has 4 aromatic carbocycles. The van der Waals surface area contributed by atoms with Gasteiger partial charge in [-0.05, 0) is 54.4 Å². The number of Topliss-reactive ketones (excluding diaryl/α,β-unsaturated/α-hetero) is 2. The number of nitrogens with zero attached hydrogens (tertiary/aromatic N) is 8. The number of nitrogens with one attached hydrogen (secondary N) is 2. The number of ketones is 2. The van der Waals surface area contributed by atoms with E-state index in [0.717, 1.165) is 41.6 Å². The molecule has 280 valence electrons. The molecule has 56 heavy (non-hydrogen) atoms. The van der Waals surface area contributed by atoms with Crippen molar-refractivity contribution in [1.29, 1.82) is 0 Å². The highest BCUT2D eigenvalue weighted by Gasteiger charge is 2.43. The summed E-state index contributed by atoms with van der Waals surface area (Å²) in [5.74, 6) is -6.27. The van der Waals surface area contributed by atoms with Gasteiger partial charge in [-0.1, -0.05) is 41.9 Å². The highest BCUT2D eigenvalue weighted by atomic mass is 19.1. The number of hydrogen-bond acceptors (Lipinski definition) is 10. The summed E-state index contributed by atoms with van der Waals surface area (Å²) in [5.41, 5.74) is 0.364. The van der Waals surface area contributed by atoms with E-state index >= 15 is 0 Å². The molecule has 0 unspecified atom stereocenters. The van der Waals surface area contributed by atoms with Crippen molar-refractivity contribution >= 4 is 34.4 Å². The van der Waals surface area contributed by atoms with E-state index in [-0.39, 0.29) is 104 Å². The van der Waals surface area contributed by atoms with Gasteiger partial charge in [0.05, 0.1) is 44.9 Å². The van der Waals surface area contributed by atoms with Gasteiger partial charge in [-0.15, -0.1) is 0 Å². The van der Waals surface area contributed by atoms with E-state index in [1.807, 2.05) is 0 Å². The molecule has 0 saturated heterocycles. The van der Waals surface area contributed by atoms with E-state index in [2.05, 4.69) is 40.8 Å². The highest BCUT2D eigenvalue weighted by Crippen LogP contribution is 2.46. The standard InChI is InChI=1S/C21H18FN5O.C20H15F2N5O/c1-11-3-5-12(6-4-11)19-18(21-24-10-25-27(21)2)20-17-14(16(28)9-23-20)7-13(22)8-15(17)26-19;1-27-20(24-9-25-27)17-18(10-2-4-11(21)5-3-10)26-14-7-12(22)6-13-15(28)8-23-19(17)16(13)14/h3-8,10,18-19,26H,9H2,1-2H3;2-7,9,17-18,26H,8H2,1H3/t18-,19-;17-,18-/m00/s1/i2D3,3D,4D,5D,6D;1D3,6D,7D,18D. The van der Waals surface area contributed by atoms with Crippen molar-refractivity contribution in [2.24, 2.45) is 23.9 Å². The first-order chi connectivity index (χ1) is 32.4. The fraction of sp³-hybridized carbons (Fsp3) is 0.220. The number of hydrogen-bond donors (Lipinski definition) is 2. The number of rotatable bonds is 4. The van der Waals surface area contributed by atoms with E-state index in [1.165, 1.54) is 19.1 Å². The molecule has 0 bridgehead atoms. The summed E-state index contributed by atoms with van der Waals surface area (Å²) in [6, 6.07) is 1.12. The third-order valence-electron chi connectivity index (χ3n) is 9.63. The van der Waals surface area contributed by atoms with Crippen molar-refractivity contribution in [3.05, 3.63) is 153 Å². The van der Waals surface area contributed by atoms with Crippen LogP contribution in [0.2, 0.25) is 0 Å². The minimum Gasteiger partial charge on any atom is -0.376 e. The first kappa shape index (κ1) is 23.2. The Kier molecular flexibility index (Phi) is 5.60. The lowest BCUT2D eigenvalue weighted by molar-refractivity contribution is 0.0991. The summed E-state index contributed by atoms with van der Waals surface area (Å²) in [5, 5.41) is 13.4. The van der Waals surface area contributed by atoms with Gasteiger partial charge in [0.15, 0.2) is 11.6 Å². The molecule has 4 aliphatic heterocycles. The normalized spacial score (nSPS) is 25.5. The summed E-state index contributed by atoms with van der Waals surface area (Å²) < 4.78 is 151. The van der Waals surface area contributed by atoms with Gasteiger partial charge < -0.3 is 10.6 Å². The van der Waals surface area contributed by atoms with Gasteiger partial charge in [-0.25, -0.2) is 23.1 Å². The second kappa shape index (κ2) is 13.5. The average molecular weight is 768 g/mol. The Morgan fingerprint density at radius 3 is 2.04 bits per heavy atom. The maximum atomic E-state index is 14.8. The summed E-state index contributed by atoms with van der Waals surface area (Å²) in [7, 11) is 0. The van der Waals surface area contributed by atoms with Crippen LogP contribution in [0.4, 0.5) is 24.5 Å². The van der Waals surface area contributed by atoms with Crippen molar-refractivity contribution in [3.63, 3.8) is 0 Å². The average Bonchev–Trinajstić information content (AvgIpc) is 3.99. The molecule has 0 aliphatic carbocycles. The molecule has 4 aliphatic rings. The molecule has 0 spiro atoms. The van der Waals surface area contributed by atoms with E-state index in [1.54, 1.807) is 0 Å². The maximum Gasteiger partial charge on any atom is 0.185 e. The molecule has 0 radical (unpaired) electrons. The van der Waals surface area contributed by atoms with Gasteiger partial charge in [0.1, 0.15) is 54.8 Å². The molecular formula is C41H33F3N10O2. The minimum atomic E-state index is -2.78. The number of carbonyl (C=O) groups excluding carboxylic acids is 2. The van der Waals surface area contributed by atoms with Crippen LogP contribution in [-0.4, -0.2) is 65.6 Å². The van der Waals surface area contributed by atoms with Gasteiger partial charge in [0, 0.05) is 55.8 Å². The second-order valence-corrected chi connectivity index (χ2v) is 13.0. The number of aromatic nitrogens is 6. The quantitative estimate of drug-likeness (QED) is 0.215. The topological polar surface area (TPSA) is 144 Å². The third kappa shape index (κ3) is 5.86. The van der Waals surface area contributed by atoms with Gasteiger partial charge in [-0.2, -0.15) is 10.2 Å². The van der Waals surface area contributed by atoms with Gasteiger partial charge in [0.2, 0.25) is 0 Å². The monoisotopic (exact) mass is 767 g/mol. The highest BCUT2D eigenvalue weighted by molar-refractivity contribution is 6.22. The summed E-state index contributed by atoms with van der Waals surface area (Å²) in [6.45, 7) is -4.82. The third-order valence-corrected chi connectivity index (χ3v) is 9.63. The molecule has 0 fully saturated rings. The Morgan fingerprint density at radius 1 is 0.732 bits per heavy atom. The molecule has 12 nitrogen and oxygen atoms in total. The Morgan fingerprint density at radius 2 is 1.36 bits per heavy atom. The first-order valence-electron chi connectivity index (χ1n) is 23.4. The molecule has 10 rings (SSSR count). The Bertz CT molecular complexity index is 3240. The van der Waals surface area contributed by atoms with Crippen LogP contribution in [0.15, 0.2) is 95.3 Å². The summed E-state index contributed by atoms with van der Waals surface area (Å²) in [4.78, 5) is 42.1. The van der Waals surface area contributed by atoms with Crippen LogP contribution in [0.5, 0.6) is 0 Å². The minimum absolute atomic E-state index is 0.0109. The SMILES string of the molecule is [2H]c1c(F)c([2H])c2c3c1N[C@@]([2H])(c1ccc(F)cc1)[C@H](c1ncnn1C([2H])([2H])[2H])C3=NCC2=O.[2H]c1c([2H])c([C@@H]2Nc3cc(F)cc4c3C(=NCC4=O)[C@H]2c2ncnn2C([2H])([2H])[2H])c([2H])c([2H])c1C. The van der Waals surface area contributed by atoms with Gasteiger partial charge in [0.25, 0.3) is 0 Å². The van der Waals surface area contributed by atoms with Crippen LogP contribution in [0.3, 0.4) is 0 Å². The van der Waals surface area contributed by atoms with Crippen LogP contribution in [0.1, 0.15) is 102 Å². The lowest BCUT2D eigenvalue weighted by Gasteiger charge is -2.37. The Balaban J connectivity index is 0.000000172. The lowest BCUT2D eigenvalue weighted by atomic mass is 9.78. The number of benzene rings is 4. The second-order valence-electron chi connectivity index (χ2n) is 13.0. The van der Waals surface area contributed by atoms with Crippen molar-refractivity contribution in [2.75, 3.05) is 23.7 Å².